The molecule has 0 aliphatic carbocycles. The van der Waals surface area contributed by atoms with Crippen LogP contribution in [0.25, 0.3) is 11.0 Å². The second kappa shape index (κ2) is 6.38. The number of aromatic nitrogens is 2. The molecule has 2 heterocycles. The fraction of sp³-hybridized carbons (Fsp3) is 0.267. The molecule has 0 aliphatic rings. The minimum absolute atomic E-state index is 0.378. The van der Waals surface area contributed by atoms with Crippen LogP contribution in [0.3, 0.4) is 0 Å². The number of imidazole rings is 1. The number of ether oxygens (including phenoxy) is 1. The van der Waals surface area contributed by atoms with Gasteiger partial charge in [-0.3, -0.25) is 0 Å². The van der Waals surface area contributed by atoms with E-state index in [1.54, 1.807) is 11.3 Å². The van der Waals surface area contributed by atoms with Gasteiger partial charge in [0.2, 0.25) is 0 Å². The molecule has 6 heteroatoms. The largest absolute Gasteiger partial charge is 0.492 e. The molecular formula is C15H14BrClN2OS. The van der Waals surface area contributed by atoms with E-state index < -0.39 is 0 Å². The van der Waals surface area contributed by atoms with Crippen molar-refractivity contribution in [2.45, 2.75) is 19.3 Å². The fourth-order valence-electron chi connectivity index (χ4n) is 2.30. The number of nitrogens with zero attached hydrogens (tertiary/aromatic N) is 2. The predicted octanol–water partition coefficient (Wildman–Crippen LogP) is 5.05. The summed E-state index contributed by atoms with van der Waals surface area (Å²) >= 11 is 11.4. The zero-order chi connectivity index (χ0) is 14.8. The number of thiophene rings is 1. The van der Waals surface area contributed by atoms with Crippen LogP contribution < -0.4 is 4.74 Å². The van der Waals surface area contributed by atoms with Gasteiger partial charge in [-0.1, -0.05) is 6.07 Å². The van der Waals surface area contributed by atoms with Gasteiger partial charge in [0.15, 0.2) is 0 Å². The molecule has 0 aliphatic heterocycles. The third-order valence-corrected chi connectivity index (χ3v) is 5.38. The molecule has 0 fully saturated rings. The minimum Gasteiger partial charge on any atom is -0.492 e. The number of fused-ring (bicyclic) bond motifs is 1. The molecular weight excluding hydrogens is 372 g/mol. The SMILES string of the molecule is CCOc1cccc2c1nc(CCl)n2Cc1sccc1Br. The Kier molecular flexibility index (Phi) is 4.52. The molecule has 3 nitrogen and oxygen atoms in total. The van der Waals surface area contributed by atoms with Crippen LogP contribution in [-0.2, 0) is 12.4 Å². The van der Waals surface area contributed by atoms with E-state index in [2.05, 4.69) is 43.0 Å². The Bertz CT molecular complexity index is 768. The molecule has 1 aromatic carbocycles. The van der Waals surface area contributed by atoms with Gasteiger partial charge in [-0.25, -0.2) is 4.98 Å². The zero-order valence-electron chi connectivity index (χ0n) is 11.5. The number of para-hydroxylation sites is 1. The van der Waals surface area contributed by atoms with Gasteiger partial charge in [-0.05, 0) is 46.4 Å². The first-order valence-electron chi connectivity index (χ1n) is 6.63. The molecule has 0 bridgehead atoms. The maximum absolute atomic E-state index is 6.08. The number of benzene rings is 1. The van der Waals surface area contributed by atoms with Crippen molar-refractivity contribution in [2.24, 2.45) is 0 Å². The first kappa shape index (κ1) is 14.9. The van der Waals surface area contributed by atoms with Crippen molar-refractivity contribution >= 4 is 49.9 Å². The Morgan fingerprint density at radius 1 is 1.38 bits per heavy atom. The minimum atomic E-state index is 0.378. The second-order valence-electron chi connectivity index (χ2n) is 4.50. The summed E-state index contributed by atoms with van der Waals surface area (Å²) in [4.78, 5) is 5.91. The van der Waals surface area contributed by atoms with Gasteiger partial charge in [0.05, 0.1) is 24.5 Å². The molecule has 0 unspecified atom stereocenters. The maximum atomic E-state index is 6.08. The predicted molar refractivity (Wildman–Crippen MR) is 91.6 cm³/mol. The monoisotopic (exact) mass is 384 g/mol. The molecule has 2 aromatic heterocycles. The quantitative estimate of drug-likeness (QED) is 0.575. The topological polar surface area (TPSA) is 27.1 Å². The van der Waals surface area contributed by atoms with Crippen LogP contribution in [0.15, 0.2) is 34.1 Å². The third kappa shape index (κ3) is 2.82. The van der Waals surface area contributed by atoms with Gasteiger partial charge in [0.25, 0.3) is 0 Å². The first-order valence-corrected chi connectivity index (χ1v) is 8.84. The maximum Gasteiger partial charge on any atom is 0.147 e. The van der Waals surface area contributed by atoms with Gasteiger partial charge in [0, 0.05) is 9.35 Å². The molecule has 21 heavy (non-hydrogen) atoms. The van der Waals surface area contributed by atoms with E-state index in [9.17, 15) is 0 Å². The van der Waals surface area contributed by atoms with Crippen LogP contribution in [0.1, 0.15) is 17.6 Å². The van der Waals surface area contributed by atoms with Crippen LogP contribution >= 0.6 is 38.9 Å². The summed E-state index contributed by atoms with van der Waals surface area (Å²) in [7, 11) is 0. The molecule has 0 amide bonds. The van der Waals surface area contributed by atoms with E-state index in [-0.39, 0.29) is 0 Å². The molecule has 0 radical (unpaired) electrons. The van der Waals surface area contributed by atoms with Crippen molar-refractivity contribution in [3.8, 4) is 5.75 Å². The Labute approximate surface area is 140 Å². The lowest BCUT2D eigenvalue weighted by molar-refractivity contribution is 0.343. The highest BCUT2D eigenvalue weighted by Crippen LogP contribution is 2.30. The van der Waals surface area contributed by atoms with Gasteiger partial charge in [-0.15, -0.1) is 22.9 Å². The lowest BCUT2D eigenvalue weighted by atomic mass is 10.3. The Hall–Kier alpha value is -1.04. The highest BCUT2D eigenvalue weighted by molar-refractivity contribution is 9.10. The van der Waals surface area contributed by atoms with Crippen molar-refractivity contribution in [2.75, 3.05) is 6.61 Å². The standard InChI is InChI=1S/C15H14BrClN2OS/c1-2-20-12-5-3-4-11-15(12)18-14(8-17)19(11)9-13-10(16)6-7-21-13/h3-7H,2,8-9H2,1H3. The summed E-state index contributed by atoms with van der Waals surface area (Å²) in [5.41, 5.74) is 1.93. The van der Waals surface area contributed by atoms with Crippen LogP contribution in [0.4, 0.5) is 0 Å². The Balaban J connectivity index is 2.12. The van der Waals surface area contributed by atoms with Crippen LogP contribution in [0.5, 0.6) is 5.75 Å². The van der Waals surface area contributed by atoms with Crippen molar-refractivity contribution in [1.29, 1.82) is 0 Å². The molecule has 0 N–H and O–H groups in total. The summed E-state index contributed by atoms with van der Waals surface area (Å²) in [6.45, 7) is 3.35. The normalized spacial score (nSPS) is 11.2. The molecule has 3 aromatic rings. The van der Waals surface area contributed by atoms with Gasteiger partial charge in [-0.2, -0.15) is 0 Å². The summed E-state index contributed by atoms with van der Waals surface area (Å²) < 4.78 is 8.94. The lowest BCUT2D eigenvalue weighted by Crippen LogP contribution is -2.02. The lowest BCUT2D eigenvalue weighted by Gasteiger charge is -2.07. The van der Waals surface area contributed by atoms with Gasteiger partial charge >= 0.3 is 0 Å². The number of halogens is 2. The fourth-order valence-corrected chi connectivity index (χ4v) is 3.97. The molecule has 0 saturated carbocycles. The van der Waals surface area contributed by atoms with E-state index in [4.69, 9.17) is 16.3 Å². The highest BCUT2D eigenvalue weighted by Gasteiger charge is 2.15. The number of alkyl halides is 1. The average Bonchev–Trinajstić information content (AvgIpc) is 3.05. The van der Waals surface area contributed by atoms with E-state index in [1.165, 1.54) is 4.88 Å². The van der Waals surface area contributed by atoms with E-state index in [0.717, 1.165) is 33.6 Å². The van der Waals surface area contributed by atoms with Crippen molar-refractivity contribution in [3.05, 3.63) is 44.8 Å². The summed E-state index contributed by atoms with van der Waals surface area (Å²) in [6.07, 6.45) is 0. The van der Waals surface area contributed by atoms with Crippen molar-refractivity contribution in [1.82, 2.24) is 9.55 Å². The molecule has 0 spiro atoms. The highest BCUT2D eigenvalue weighted by atomic mass is 79.9. The van der Waals surface area contributed by atoms with E-state index in [0.29, 0.717) is 12.5 Å². The number of hydrogen-bond acceptors (Lipinski definition) is 3. The second-order valence-corrected chi connectivity index (χ2v) is 6.62. The van der Waals surface area contributed by atoms with Crippen molar-refractivity contribution in [3.63, 3.8) is 0 Å². The molecule has 110 valence electrons. The van der Waals surface area contributed by atoms with Gasteiger partial charge in [0.1, 0.15) is 17.1 Å². The third-order valence-electron chi connectivity index (χ3n) is 3.23. The summed E-state index contributed by atoms with van der Waals surface area (Å²) in [6, 6.07) is 8.06. The van der Waals surface area contributed by atoms with Crippen LogP contribution in [0.2, 0.25) is 0 Å². The van der Waals surface area contributed by atoms with E-state index in [1.807, 2.05) is 19.1 Å². The Morgan fingerprint density at radius 3 is 2.90 bits per heavy atom. The van der Waals surface area contributed by atoms with Gasteiger partial charge < -0.3 is 9.30 Å². The molecule has 0 saturated heterocycles. The van der Waals surface area contributed by atoms with Crippen LogP contribution in [-0.4, -0.2) is 16.2 Å². The zero-order valence-corrected chi connectivity index (χ0v) is 14.6. The van der Waals surface area contributed by atoms with E-state index >= 15 is 0 Å². The number of hydrogen-bond donors (Lipinski definition) is 0. The summed E-state index contributed by atoms with van der Waals surface area (Å²) in [5.74, 6) is 2.05. The first-order chi connectivity index (χ1) is 10.2. The van der Waals surface area contributed by atoms with Crippen LogP contribution in [0, 0.1) is 0 Å². The smallest absolute Gasteiger partial charge is 0.147 e. The Morgan fingerprint density at radius 2 is 2.24 bits per heavy atom. The summed E-state index contributed by atoms with van der Waals surface area (Å²) in [5, 5.41) is 2.07. The van der Waals surface area contributed by atoms with Crippen molar-refractivity contribution < 1.29 is 4.74 Å². The molecule has 3 rings (SSSR count). The molecule has 0 atom stereocenters. The number of rotatable bonds is 5. The average molecular weight is 386 g/mol.